The summed E-state index contributed by atoms with van der Waals surface area (Å²) < 4.78 is 12.2. The molecule has 7 heteroatoms. The number of para-hydroxylation sites is 2. The van der Waals surface area contributed by atoms with E-state index in [0.29, 0.717) is 5.56 Å². The number of aromatic nitrogens is 3. The number of methoxy groups -OCH3 is 1. The van der Waals surface area contributed by atoms with Crippen molar-refractivity contribution in [1.82, 2.24) is 14.8 Å². The molecule has 1 N–H and O–H groups in total. The molecule has 4 rings (SSSR count). The first kappa shape index (κ1) is 18.5. The van der Waals surface area contributed by atoms with Crippen LogP contribution in [-0.2, 0) is 4.74 Å². The van der Waals surface area contributed by atoms with E-state index in [1.165, 1.54) is 11.8 Å². The molecule has 0 aliphatic heterocycles. The van der Waals surface area contributed by atoms with Gasteiger partial charge in [0.25, 0.3) is 0 Å². The number of ether oxygens (including phenoxy) is 2. The second kappa shape index (κ2) is 7.63. The van der Waals surface area contributed by atoms with E-state index in [2.05, 4.69) is 10.1 Å². The Morgan fingerprint density at radius 2 is 1.79 bits per heavy atom. The summed E-state index contributed by atoms with van der Waals surface area (Å²) in [5, 5.41) is 5.06. The summed E-state index contributed by atoms with van der Waals surface area (Å²) >= 11 is 0. The normalized spacial score (nSPS) is 11.9. The average Bonchev–Trinajstić information content (AvgIpc) is 3.38. The zero-order chi connectivity index (χ0) is 20.4. The quantitative estimate of drug-likeness (QED) is 0.400. The van der Waals surface area contributed by atoms with Crippen molar-refractivity contribution in [3.05, 3.63) is 78.2 Å². The molecule has 0 radical (unpaired) electrons. The van der Waals surface area contributed by atoms with E-state index in [0.717, 1.165) is 16.6 Å². The third-order valence-corrected chi connectivity index (χ3v) is 4.62. The Kier molecular flexibility index (Phi) is 4.87. The van der Waals surface area contributed by atoms with Crippen molar-refractivity contribution in [3.8, 4) is 11.4 Å². The molecule has 2 heterocycles. The number of carbonyl (C=O) groups is 2. The van der Waals surface area contributed by atoms with Gasteiger partial charge in [0.2, 0.25) is 11.5 Å². The van der Waals surface area contributed by atoms with Gasteiger partial charge in [-0.25, -0.2) is 9.48 Å². The Balaban J connectivity index is 1.56. The maximum Gasteiger partial charge on any atom is 0.363 e. The lowest BCUT2D eigenvalue weighted by Crippen LogP contribution is -2.24. The Morgan fingerprint density at radius 3 is 2.55 bits per heavy atom. The molecule has 0 aliphatic rings. The fourth-order valence-corrected chi connectivity index (χ4v) is 3.13. The van der Waals surface area contributed by atoms with Crippen LogP contribution >= 0.6 is 0 Å². The fourth-order valence-electron chi connectivity index (χ4n) is 3.13. The molecule has 146 valence electrons. The lowest BCUT2D eigenvalue weighted by Gasteiger charge is -2.11. The summed E-state index contributed by atoms with van der Waals surface area (Å²) in [4.78, 5) is 28.5. The SMILES string of the molecule is COc1cn(-c2ccccc2)nc1C(=O)O[C@H](C)C(=O)c1c[nH]c2ccccc12. The average molecular weight is 389 g/mol. The number of rotatable bonds is 6. The standard InChI is InChI=1S/C22H19N3O4/c1-14(21(26)17-12-23-18-11-7-6-10-16(17)18)29-22(27)20-19(28-2)13-25(24-20)15-8-4-3-5-9-15/h3-14,23H,1-2H3/t14-/m1/s1. The number of esters is 1. The van der Waals surface area contributed by atoms with Crippen LogP contribution in [0.1, 0.15) is 27.8 Å². The highest BCUT2D eigenvalue weighted by Crippen LogP contribution is 2.23. The zero-order valence-corrected chi connectivity index (χ0v) is 16.0. The number of ketones is 1. The first-order chi connectivity index (χ1) is 14.1. The van der Waals surface area contributed by atoms with Crippen LogP contribution in [0.5, 0.6) is 5.75 Å². The van der Waals surface area contributed by atoms with Crippen LogP contribution in [0.15, 0.2) is 67.0 Å². The van der Waals surface area contributed by atoms with E-state index in [-0.39, 0.29) is 17.2 Å². The Labute approximate surface area is 166 Å². The van der Waals surface area contributed by atoms with E-state index in [9.17, 15) is 9.59 Å². The van der Waals surface area contributed by atoms with Gasteiger partial charge in [0.15, 0.2) is 11.9 Å². The van der Waals surface area contributed by atoms with Gasteiger partial charge in [-0.15, -0.1) is 0 Å². The van der Waals surface area contributed by atoms with E-state index in [1.807, 2.05) is 54.6 Å². The number of H-pyrrole nitrogens is 1. The Hall–Kier alpha value is -3.87. The molecule has 0 fully saturated rings. The molecule has 2 aromatic heterocycles. The molecule has 0 saturated heterocycles. The van der Waals surface area contributed by atoms with Gasteiger partial charge in [-0.2, -0.15) is 5.10 Å². The van der Waals surface area contributed by atoms with Crippen molar-refractivity contribution in [2.45, 2.75) is 13.0 Å². The molecule has 0 amide bonds. The maximum atomic E-state index is 12.8. The molecule has 0 unspecified atom stereocenters. The van der Waals surface area contributed by atoms with Crippen molar-refractivity contribution in [3.63, 3.8) is 0 Å². The van der Waals surface area contributed by atoms with Crippen molar-refractivity contribution < 1.29 is 19.1 Å². The highest BCUT2D eigenvalue weighted by atomic mass is 16.5. The summed E-state index contributed by atoms with van der Waals surface area (Å²) in [6.07, 6.45) is 2.24. The predicted molar refractivity (Wildman–Crippen MR) is 108 cm³/mol. The monoisotopic (exact) mass is 389 g/mol. The third kappa shape index (κ3) is 3.50. The van der Waals surface area contributed by atoms with Gasteiger partial charge >= 0.3 is 5.97 Å². The smallest absolute Gasteiger partial charge is 0.363 e. The molecule has 0 spiro atoms. The summed E-state index contributed by atoms with van der Waals surface area (Å²) in [5.41, 5.74) is 2.10. The number of aromatic amines is 1. The van der Waals surface area contributed by atoms with E-state index < -0.39 is 12.1 Å². The number of hydrogen-bond acceptors (Lipinski definition) is 5. The van der Waals surface area contributed by atoms with Crippen LogP contribution in [-0.4, -0.2) is 39.7 Å². The minimum Gasteiger partial charge on any atom is -0.493 e. The minimum absolute atomic E-state index is 0.00919. The molecular formula is C22H19N3O4. The summed E-state index contributed by atoms with van der Waals surface area (Å²) in [5.74, 6) is -0.750. The number of nitrogens with zero attached hydrogens (tertiary/aromatic N) is 2. The van der Waals surface area contributed by atoms with Crippen molar-refractivity contribution in [2.75, 3.05) is 7.11 Å². The number of fused-ring (bicyclic) bond motifs is 1. The van der Waals surface area contributed by atoms with Gasteiger partial charge < -0.3 is 14.5 Å². The molecule has 29 heavy (non-hydrogen) atoms. The van der Waals surface area contributed by atoms with Gasteiger partial charge in [-0.3, -0.25) is 4.79 Å². The highest BCUT2D eigenvalue weighted by Gasteiger charge is 2.26. The van der Waals surface area contributed by atoms with E-state index in [1.54, 1.807) is 19.3 Å². The first-order valence-corrected chi connectivity index (χ1v) is 9.09. The van der Waals surface area contributed by atoms with Crippen molar-refractivity contribution >= 4 is 22.7 Å². The lowest BCUT2D eigenvalue weighted by atomic mass is 10.1. The first-order valence-electron chi connectivity index (χ1n) is 9.09. The molecular weight excluding hydrogens is 370 g/mol. The topological polar surface area (TPSA) is 86.2 Å². The summed E-state index contributed by atoms with van der Waals surface area (Å²) in [6, 6.07) is 16.8. The van der Waals surface area contributed by atoms with Crippen molar-refractivity contribution in [2.24, 2.45) is 0 Å². The van der Waals surface area contributed by atoms with Gasteiger partial charge in [0, 0.05) is 22.7 Å². The molecule has 0 bridgehead atoms. The largest absolute Gasteiger partial charge is 0.493 e. The summed E-state index contributed by atoms with van der Waals surface area (Å²) in [7, 11) is 1.45. The van der Waals surface area contributed by atoms with Gasteiger partial charge in [0.05, 0.1) is 19.0 Å². The number of benzene rings is 2. The minimum atomic E-state index is -0.978. The van der Waals surface area contributed by atoms with E-state index >= 15 is 0 Å². The molecule has 0 saturated carbocycles. The Morgan fingerprint density at radius 1 is 1.07 bits per heavy atom. The highest BCUT2D eigenvalue weighted by molar-refractivity contribution is 6.10. The second-order valence-corrected chi connectivity index (χ2v) is 6.49. The third-order valence-electron chi connectivity index (χ3n) is 4.62. The fraction of sp³-hybridized carbons (Fsp3) is 0.136. The van der Waals surface area contributed by atoms with Crippen LogP contribution in [0.2, 0.25) is 0 Å². The molecule has 0 aliphatic carbocycles. The van der Waals surface area contributed by atoms with Crippen LogP contribution < -0.4 is 4.74 Å². The summed E-state index contributed by atoms with van der Waals surface area (Å²) in [6.45, 7) is 1.54. The van der Waals surface area contributed by atoms with Gasteiger partial charge in [-0.1, -0.05) is 36.4 Å². The second-order valence-electron chi connectivity index (χ2n) is 6.49. The maximum absolute atomic E-state index is 12.8. The molecule has 4 aromatic rings. The molecule has 7 nitrogen and oxygen atoms in total. The van der Waals surface area contributed by atoms with Crippen LogP contribution in [0.4, 0.5) is 0 Å². The lowest BCUT2D eigenvalue weighted by molar-refractivity contribution is 0.0310. The van der Waals surface area contributed by atoms with Crippen LogP contribution in [0, 0.1) is 0 Å². The Bertz CT molecular complexity index is 1180. The molecule has 2 aromatic carbocycles. The van der Waals surface area contributed by atoms with Crippen LogP contribution in [0.3, 0.4) is 0 Å². The number of hydrogen-bond donors (Lipinski definition) is 1. The predicted octanol–water partition coefficient (Wildman–Crippen LogP) is 3.79. The van der Waals surface area contributed by atoms with Crippen LogP contribution in [0.25, 0.3) is 16.6 Å². The molecule has 1 atom stereocenters. The number of carbonyl (C=O) groups excluding carboxylic acids is 2. The zero-order valence-electron chi connectivity index (χ0n) is 16.0. The van der Waals surface area contributed by atoms with Crippen molar-refractivity contribution in [1.29, 1.82) is 0 Å². The number of nitrogens with one attached hydrogen (secondary N) is 1. The van der Waals surface area contributed by atoms with Gasteiger partial charge in [-0.05, 0) is 25.1 Å². The van der Waals surface area contributed by atoms with E-state index in [4.69, 9.17) is 9.47 Å². The number of Topliss-reactive ketones (excluding diaryl/α,β-unsaturated/α-hetero) is 1. The van der Waals surface area contributed by atoms with Gasteiger partial charge in [0.1, 0.15) is 0 Å².